The van der Waals surface area contributed by atoms with Gasteiger partial charge in [0.15, 0.2) is 11.5 Å². The molecule has 0 spiro atoms. The summed E-state index contributed by atoms with van der Waals surface area (Å²) < 4.78 is 16.3. The third kappa shape index (κ3) is 8.83. The van der Waals surface area contributed by atoms with Gasteiger partial charge in [0.05, 0.1) is 20.8 Å². The minimum atomic E-state index is -0.134. The van der Waals surface area contributed by atoms with Gasteiger partial charge in [0, 0.05) is 41.6 Å². The molecule has 8 heteroatoms. The molecule has 0 radical (unpaired) electrons. The van der Waals surface area contributed by atoms with Crippen molar-refractivity contribution in [2.24, 2.45) is 0 Å². The molecule has 2 aromatic carbocycles. The number of carbonyl (C=O) groups excluding carboxylic acids is 2. The fraction of sp³-hybridized carbons (Fsp3) is 0.419. The summed E-state index contributed by atoms with van der Waals surface area (Å²) in [7, 11) is 3.22. The number of hydrogen-bond donors (Lipinski definition) is 0. The average molecular weight is 553 g/mol. The lowest BCUT2D eigenvalue weighted by atomic mass is 10.1. The van der Waals surface area contributed by atoms with Crippen LogP contribution in [0.4, 0.5) is 0 Å². The van der Waals surface area contributed by atoms with Crippen LogP contribution >= 0.6 is 11.3 Å². The first-order valence-electron chi connectivity index (χ1n) is 13.3. The number of methoxy groups -OCH3 is 2. The van der Waals surface area contributed by atoms with Gasteiger partial charge in [0.2, 0.25) is 5.91 Å². The van der Waals surface area contributed by atoms with Gasteiger partial charge in [-0.25, -0.2) is 0 Å². The molecule has 0 saturated heterocycles. The molecule has 7 nitrogen and oxygen atoms in total. The Kier molecular flexibility index (Phi) is 11.8. The van der Waals surface area contributed by atoms with Crippen molar-refractivity contribution < 1.29 is 23.8 Å². The zero-order chi connectivity index (χ0) is 28.2. The van der Waals surface area contributed by atoms with E-state index in [1.54, 1.807) is 30.5 Å². The largest absolute Gasteiger partial charge is 0.493 e. The van der Waals surface area contributed by atoms with E-state index in [-0.39, 0.29) is 18.4 Å². The number of benzene rings is 2. The van der Waals surface area contributed by atoms with E-state index in [2.05, 4.69) is 19.1 Å². The van der Waals surface area contributed by atoms with Crippen LogP contribution in [-0.2, 0) is 22.5 Å². The number of aryl methyl sites for hydroxylation is 2. The Morgan fingerprint density at radius 1 is 0.897 bits per heavy atom. The predicted molar refractivity (Wildman–Crippen MR) is 156 cm³/mol. The van der Waals surface area contributed by atoms with Crippen molar-refractivity contribution in [2.75, 3.05) is 47.1 Å². The second-order valence-corrected chi connectivity index (χ2v) is 10.7. The Balaban J connectivity index is 1.80. The van der Waals surface area contributed by atoms with Gasteiger partial charge < -0.3 is 24.0 Å². The summed E-state index contributed by atoms with van der Waals surface area (Å²) in [6.45, 7) is 8.55. The van der Waals surface area contributed by atoms with E-state index in [4.69, 9.17) is 14.2 Å². The topological polar surface area (TPSA) is 68.3 Å². The van der Waals surface area contributed by atoms with E-state index in [1.807, 2.05) is 61.2 Å². The summed E-state index contributed by atoms with van der Waals surface area (Å²) in [5.74, 6) is 1.11. The Hall–Kier alpha value is -3.36. The first kappa shape index (κ1) is 30.2. The SMILES string of the molecule is CCOCCCN(CC(=O)N(CCc1ccc(OC)c(OC)c1)Cc1ccc(C)s1)C(=O)c1ccccc1C. The minimum absolute atomic E-state index is 0.00951. The summed E-state index contributed by atoms with van der Waals surface area (Å²) in [6.07, 6.45) is 1.31. The third-order valence-electron chi connectivity index (χ3n) is 6.52. The molecule has 3 rings (SSSR count). The van der Waals surface area contributed by atoms with Crippen molar-refractivity contribution in [3.63, 3.8) is 0 Å². The molecule has 0 aliphatic heterocycles. The second-order valence-electron chi connectivity index (χ2n) is 9.36. The number of rotatable bonds is 15. The Morgan fingerprint density at radius 3 is 2.33 bits per heavy atom. The van der Waals surface area contributed by atoms with E-state index in [9.17, 15) is 9.59 Å². The number of ether oxygens (including phenoxy) is 3. The zero-order valence-corrected chi connectivity index (χ0v) is 24.5. The molecule has 39 heavy (non-hydrogen) atoms. The van der Waals surface area contributed by atoms with Gasteiger partial charge in [-0.05, 0) is 75.1 Å². The van der Waals surface area contributed by atoms with Gasteiger partial charge in [-0.3, -0.25) is 9.59 Å². The Labute approximate surface area is 236 Å². The first-order chi connectivity index (χ1) is 18.9. The molecular weight excluding hydrogens is 512 g/mol. The summed E-state index contributed by atoms with van der Waals surface area (Å²) in [6, 6.07) is 17.4. The van der Waals surface area contributed by atoms with Crippen LogP contribution in [0.5, 0.6) is 11.5 Å². The molecule has 0 fully saturated rings. The van der Waals surface area contributed by atoms with E-state index >= 15 is 0 Å². The van der Waals surface area contributed by atoms with E-state index in [0.29, 0.717) is 62.8 Å². The molecule has 1 heterocycles. The van der Waals surface area contributed by atoms with Crippen molar-refractivity contribution in [3.8, 4) is 11.5 Å². The smallest absolute Gasteiger partial charge is 0.254 e. The van der Waals surface area contributed by atoms with E-state index < -0.39 is 0 Å². The fourth-order valence-electron chi connectivity index (χ4n) is 4.35. The van der Waals surface area contributed by atoms with Gasteiger partial charge in [-0.2, -0.15) is 0 Å². The van der Waals surface area contributed by atoms with Crippen molar-refractivity contribution >= 4 is 23.2 Å². The molecule has 0 atom stereocenters. The lowest BCUT2D eigenvalue weighted by molar-refractivity contribution is -0.132. The maximum Gasteiger partial charge on any atom is 0.254 e. The quantitative estimate of drug-likeness (QED) is 0.232. The number of amides is 2. The molecule has 2 amide bonds. The highest BCUT2D eigenvalue weighted by atomic mass is 32.1. The summed E-state index contributed by atoms with van der Waals surface area (Å²) >= 11 is 1.68. The molecule has 0 aliphatic rings. The van der Waals surface area contributed by atoms with Crippen LogP contribution in [-0.4, -0.2) is 68.7 Å². The predicted octanol–water partition coefficient (Wildman–Crippen LogP) is 5.52. The van der Waals surface area contributed by atoms with Crippen LogP contribution in [0, 0.1) is 13.8 Å². The van der Waals surface area contributed by atoms with Gasteiger partial charge in [0.1, 0.15) is 6.54 Å². The zero-order valence-electron chi connectivity index (χ0n) is 23.7. The van der Waals surface area contributed by atoms with Crippen LogP contribution in [0.1, 0.15) is 44.6 Å². The number of nitrogens with zero attached hydrogens (tertiary/aromatic N) is 2. The maximum atomic E-state index is 13.8. The molecule has 0 unspecified atom stereocenters. The van der Waals surface area contributed by atoms with Crippen LogP contribution in [0.2, 0.25) is 0 Å². The third-order valence-corrected chi connectivity index (χ3v) is 7.51. The summed E-state index contributed by atoms with van der Waals surface area (Å²) in [5, 5.41) is 0. The van der Waals surface area contributed by atoms with E-state index in [0.717, 1.165) is 16.0 Å². The van der Waals surface area contributed by atoms with Gasteiger partial charge >= 0.3 is 0 Å². The van der Waals surface area contributed by atoms with Crippen LogP contribution in [0.15, 0.2) is 54.6 Å². The normalized spacial score (nSPS) is 10.8. The van der Waals surface area contributed by atoms with Crippen molar-refractivity contribution in [1.82, 2.24) is 9.80 Å². The van der Waals surface area contributed by atoms with Gasteiger partial charge in [0.25, 0.3) is 5.91 Å². The van der Waals surface area contributed by atoms with E-state index in [1.165, 1.54) is 4.88 Å². The lowest BCUT2D eigenvalue weighted by Crippen LogP contribution is -2.44. The lowest BCUT2D eigenvalue weighted by Gasteiger charge is -2.28. The number of thiophene rings is 1. The molecule has 1 aromatic heterocycles. The van der Waals surface area contributed by atoms with Crippen LogP contribution in [0.3, 0.4) is 0 Å². The molecule has 0 bridgehead atoms. The first-order valence-corrected chi connectivity index (χ1v) is 14.1. The average Bonchev–Trinajstić information content (AvgIpc) is 3.36. The highest BCUT2D eigenvalue weighted by Crippen LogP contribution is 2.28. The highest BCUT2D eigenvalue weighted by Gasteiger charge is 2.24. The standard InChI is InChI=1S/C31H40N2O5S/c1-6-38-19-9-17-33(31(35)27-11-8-7-10-23(27)2)22-30(34)32(21-26-14-12-24(3)39-26)18-16-25-13-15-28(36-4)29(20-25)37-5/h7-8,10-15,20H,6,9,16-19,21-22H2,1-5H3. The number of carbonyl (C=O) groups is 2. The maximum absolute atomic E-state index is 13.8. The van der Waals surface area contributed by atoms with Crippen LogP contribution < -0.4 is 9.47 Å². The van der Waals surface area contributed by atoms with Gasteiger partial charge in [-0.1, -0.05) is 24.3 Å². The minimum Gasteiger partial charge on any atom is -0.493 e. The van der Waals surface area contributed by atoms with Crippen molar-refractivity contribution in [2.45, 2.75) is 40.2 Å². The molecule has 0 aliphatic carbocycles. The van der Waals surface area contributed by atoms with Gasteiger partial charge in [-0.15, -0.1) is 11.3 Å². The summed E-state index contributed by atoms with van der Waals surface area (Å²) in [5.41, 5.74) is 2.55. The molecule has 210 valence electrons. The Morgan fingerprint density at radius 2 is 1.67 bits per heavy atom. The molecule has 0 saturated carbocycles. The Bertz CT molecular complexity index is 1230. The monoisotopic (exact) mass is 552 g/mol. The highest BCUT2D eigenvalue weighted by molar-refractivity contribution is 7.11. The fourth-order valence-corrected chi connectivity index (χ4v) is 5.26. The number of hydrogen-bond acceptors (Lipinski definition) is 6. The molecular formula is C31H40N2O5S. The molecule has 3 aromatic rings. The molecule has 0 N–H and O–H groups in total. The van der Waals surface area contributed by atoms with Crippen molar-refractivity contribution in [3.05, 3.63) is 81.0 Å². The van der Waals surface area contributed by atoms with Crippen LogP contribution in [0.25, 0.3) is 0 Å². The summed E-state index contributed by atoms with van der Waals surface area (Å²) in [4.78, 5) is 33.2. The van der Waals surface area contributed by atoms with Crippen molar-refractivity contribution in [1.29, 1.82) is 0 Å². The second kappa shape index (κ2) is 15.3.